The molecule has 0 saturated carbocycles. The minimum atomic E-state index is -4.80. The Morgan fingerprint density at radius 3 is 2.24 bits per heavy atom. The molecular formula is C18H20Cl2F3N3O2S. The summed E-state index contributed by atoms with van der Waals surface area (Å²) in [6, 6.07) is 9.37. The summed E-state index contributed by atoms with van der Waals surface area (Å²) in [4.78, 5) is 2.11. The lowest BCUT2D eigenvalue weighted by atomic mass is 10.1. The van der Waals surface area contributed by atoms with Gasteiger partial charge in [0.25, 0.3) is 0 Å². The standard InChI is InChI=1S/C18H20Cl2F3N3O2S/c1-24-29(27,14-7-5-13(6-8-14)28-18(21,22)23)25-17(11-26(2)3)12-4-9-15(19)16(20)10-12/h4-10,17H,11H2,1-3H3,(H,24,25,27)/t17?,29-/m1/s1. The van der Waals surface area contributed by atoms with E-state index in [9.17, 15) is 17.4 Å². The van der Waals surface area contributed by atoms with Gasteiger partial charge in [-0.1, -0.05) is 29.3 Å². The minimum Gasteiger partial charge on any atom is -0.406 e. The van der Waals surface area contributed by atoms with Gasteiger partial charge in [-0.3, -0.25) is 0 Å². The van der Waals surface area contributed by atoms with Crippen molar-refractivity contribution in [3.63, 3.8) is 0 Å². The fourth-order valence-electron chi connectivity index (χ4n) is 2.55. The normalized spacial score (nSPS) is 15.1. The molecule has 0 heterocycles. The van der Waals surface area contributed by atoms with Crippen molar-refractivity contribution in [1.29, 1.82) is 0 Å². The molecule has 0 spiro atoms. The summed E-state index contributed by atoms with van der Waals surface area (Å²) < 4.78 is 61.3. The third-order valence-electron chi connectivity index (χ3n) is 3.83. The molecule has 160 valence electrons. The molecule has 11 heteroatoms. The van der Waals surface area contributed by atoms with Gasteiger partial charge in [-0.2, -0.15) is 0 Å². The number of hydrogen-bond acceptors (Lipinski definition) is 4. The van der Waals surface area contributed by atoms with Crippen molar-refractivity contribution in [2.24, 2.45) is 4.36 Å². The number of benzene rings is 2. The Labute approximate surface area is 178 Å². The van der Waals surface area contributed by atoms with Crippen LogP contribution in [0.3, 0.4) is 0 Å². The summed E-state index contributed by atoms with van der Waals surface area (Å²) in [5.41, 5.74) is 0.737. The molecule has 0 saturated heterocycles. The third kappa shape index (κ3) is 6.75. The van der Waals surface area contributed by atoms with Gasteiger partial charge >= 0.3 is 6.36 Å². The predicted octanol–water partition coefficient (Wildman–Crippen LogP) is 5.16. The van der Waals surface area contributed by atoms with Crippen molar-refractivity contribution in [3.05, 3.63) is 58.1 Å². The van der Waals surface area contributed by atoms with E-state index in [1.54, 1.807) is 18.2 Å². The zero-order chi connectivity index (χ0) is 21.8. The van der Waals surface area contributed by atoms with E-state index in [1.165, 1.54) is 19.2 Å². The fraction of sp³-hybridized carbons (Fsp3) is 0.333. The zero-order valence-corrected chi connectivity index (χ0v) is 18.2. The van der Waals surface area contributed by atoms with E-state index in [2.05, 4.69) is 13.8 Å². The van der Waals surface area contributed by atoms with Crippen molar-refractivity contribution < 1.29 is 22.1 Å². The number of ether oxygens (including phenoxy) is 1. The summed E-state index contributed by atoms with van der Waals surface area (Å²) in [6.07, 6.45) is -4.80. The number of nitrogens with zero attached hydrogens (tertiary/aromatic N) is 2. The average Bonchev–Trinajstić information content (AvgIpc) is 2.62. The molecule has 0 aliphatic rings. The second-order valence-corrected chi connectivity index (χ2v) is 9.27. The minimum absolute atomic E-state index is 0.221. The highest BCUT2D eigenvalue weighted by Crippen LogP contribution is 2.28. The van der Waals surface area contributed by atoms with Crippen molar-refractivity contribution in [3.8, 4) is 5.75 Å². The van der Waals surface area contributed by atoms with E-state index < -0.39 is 28.1 Å². The van der Waals surface area contributed by atoms with E-state index >= 15 is 0 Å². The van der Waals surface area contributed by atoms with Crippen LogP contribution in [0.2, 0.25) is 10.0 Å². The Kier molecular flexibility index (Phi) is 7.80. The van der Waals surface area contributed by atoms with Gasteiger partial charge in [0.2, 0.25) is 0 Å². The fourth-order valence-corrected chi connectivity index (χ4v) is 4.41. The molecule has 5 nitrogen and oxygen atoms in total. The average molecular weight is 470 g/mol. The molecule has 1 unspecified atom stereocenters. The van der Waals surface area contributed by atoms with E-state index in [4.69, 9.17) is 23.2 Å². The molecule has 29 heavy (non-hydrogen) atoms. The van der Waals surface area contributed by atoms with Crippen LogP contribution in [0.25, 0.3) is 0 Å². The summed E-state index contributed by atoms with van der Waals surface area (Å²) in [7, 11) is 1.92. The van der Waals surface area contributed by atoms with Gasteiger partial charge in [-0.05, 0) is 56.1 Å². The molecule has 0 bridgehead atoms. The third-order valence-corrected chi connectivity index (χ3v) is 6.60. The maximum Gasteiger partial charge on any atom is 0.573 e. The summed E-state index contributed by atoms with van der Waals surface area (Å²) in [5.74, 6) is -0.409. The molecule has 0 radical (unpaired) electrons. The molecule has 1 N–H and O–H groups in total. The molecule has 0 fully saturated rings. The van der Waals surface area contributed by atoms with Gasteiger partial charge in [0, 0.05) is 13.6 Å². The van der Waals surface area contributed by atoms with Crippen molar-refractivity contribution in [1.82, 2.24) is 9.62 Å². The second kappa shape index (κ2) is 9.53. The molecular weight excluding hydrogens is 450 g/mol. The highest BCUT2D eigenvalue weighted by molar-refractivity contribution is 7.91. The van der Waals surface area contributed by atoms with Gasteiger partial charge in [-0.15, -0.1) is 13.2 Å². The first-order valence-corrected chi connectivity index (χ1v) is 10.6. The van der Waals surface area contributed by atoms with Crippen LogP contribution in [0.15, 0.2) is 51.7 Å². The van der Waals surface area contributed by atoms with Crippen LogP contribution in [0.1, 0.15) is 11.6 Å². The Morgan fingerprint density at radius 1 is 1.14 bits per heavy atom. The molecule has 0 aliphatic heterocycles. The Balaban J connectivity index is 2.36. The van der Waals surface area contributed by atoms with Crippen LogP contribution < -0.4 is 9.46 Å². The molecule has 2 rings (SSSR count). The SMILES string of the molecule is CN=[S@@](=O)(NC(CN(C)C)c1ccc(Cl)c(Cl)c1)c1ccc(OC(F)(F)F)cc1. The monoisotopic (exact) mass is 469 g/mol. The molecule has 0 aromatic heterocycles. The number of hydrogen-bond donors (Lipinski definition) is 1. The first-order valence-electron chi connectivity index (χ1n) is 8.31. The lowest BCUT2D eigenvalue weighted by Gasteiger charge is -2.25. The number of rotatable bonds is 7. The first kappa shape index (κ1) is 23.8. The van der Waals surface area contributed by atoms with E-state index in [0.29, 0.717) is 16.6 Å². The van der Waals surface area contributed by atoms with Gasteiger partial charge in [-0.25, -0.2) is 13.3 Å². The molecule has 0 aliphatic carbocycles. The van der Waals surface area contributed by atoms with Crippen LogP contribution in [0.4, 0.5) is 13.2 Å². The summed E-state index contributed by atoms with van der Waals surface area (Å²) in [6.45, 7) is 0.458. The van der Waals surface area contributed by atoms with Gasteiger partial charge in [0.15, 0.2) is 0 Å². The zero-order valence-electron chi connectivity index (χ0n) is 15.8. The van der Waals surface area contributed by atoms with Crippen molar-refractivity contribution in [2.75, 3.05) is 27.7 Å². The number of halogens is 5. The van der Waals surface area contributed by atoms with Crippen LogP contribution >= 0.6 is 23.2 Å². The second-order valence-electron chi connectivity index (χ2n) is 6.33. The predicted molar refractivity (Wildman–Crippen MR) is 109 cm³/mol. The van der Waals surface area contributed by atoms with E-state index in [1.807, 2.05) is 19.0 Å². The van der Waals surface area contributed by atoms with Crippen LogP contribution in [0, 0.1) is 0 Å². The number of alkyl halides is 3. The smallest absolute Gasteiger partial charge is 0.406 e. The van der Waals surface area contributed by atoms with Gasteiger partial charge in [0.05, 0.1) is 21.0 Å². The lowest BCUT2D eigenvalue weighted by molar-refractivity contribution is -0.274. The van der Waals surface area contributed by atoms with Gasteiger partial charge in [0.1, 0.15) is 15.7 Å². The molecule has 2 aromatic rings. The lowest BCUT2D eigenvalue weighted by Crippen LogP contribution is -2.35. The maximum atomic E-state index is 13.5. The number of nitrogens with one attached hydrogen (secondary N) is 1. The first-order chi connectivity index (χ1) is 13.4. The molecule has 2 atom stereocenters. The summed E-state index contributed by atoms with van der Waals surface area (Å²) in [5, 5.41) is 0.739. The Bertz CT molecular complexity index is 960. The largest absolute Gasteiger partial charge is 0.573 e. The molecule has 0 amide bonds. The van der Waals surface area contributed by atoms with Crippen molar-refractivity contribution in [2.45, 2.75) is 17.3 Å². The summed E-state index contributed by atoms with van der Waals surface area (Å²) >= 11 is 12.1. The van der Waals surface area contributed by atoms with Crippen LogP contribution in [-0.4, -0.2) is 43.2 Å². The van der Waals surface area contributed by atoms with E-state index in [-0.39, 0.29) is 4.90 Å². The van der Waals surface area contributed by atoms with Crippen LogP contribution in [-0.2, 0) is 9.92 Å². The maximum absolute atomic E-state index is 13.5. The highest BCUT2D eigenvalue weighted by atomic mass is 35.5. The Morgan fingerprint density at radius 2 is 1.76 bits per heavy atom. The highest BCUT2D eigenvalue weighted by Gasteiger charge is 2.31. The number of likely N-dealkylation sites (N-methyl/N-ethyl adjacent to an activating group) is 1. The molecule has 2 aromatic carbocycles. The van der Waals surface area contributed by atoms with Crippen LogP contribution in [0.5, 0.6) is 5.75 Å². The van der Waals surface area contributed by atoms with E-state index in [0.717, 1.165) is 17.7 Å². The quantitative estimate of drug-likeness (QED) is 0.609. The topological polar surface area (TPSA) is 53.9 Å². The van der Waals surface area contributed by atoms with Crippen molar-refractivity contribution >= 4 is 33.1 Å². The van der Waals surface area contributed by atoms with Gasteiger partial charge < -0.3 is 9.64 Å². The Hall–Kier alpha value is -1.52.